The first kappa shape index (κ1) is 17.5. The molecule has 0 saturated carbocycles. The normalized spacial score (nSPS) is 19.7. The Hall–Kier alpha value is -1.59. The van der Waals surface area contributed by atoms with E-state index >= 15 is 0 Å². The Kier molecular flexibility index (Phi) is 5.36. The molecule has 0 amide bonds. The van der Waals surface area contributed by atoms with E-state index in [1.165, 1.54) is 13.8 Å². The molecule has 1 aliphatic rings. The molecule has 1 fully saturated rings. The van der Waals surface area contributed by atoms with Crippen molar-refractivity contribution in [1.82, 2.24) is 0 Å². The second-order valence-electron chi connectivity index (χ2n) is 6.38. The minimum Gasteiger partial charge on any atom is -0.465 e. The Labute approximate surface area is 125 Å². The molecular formula is C15H24O6. The van der Waals surface area contributed by atoms with Gasteiger partial charge in [0.1, 0.15) is 6.10 Å². The average molecular weight is 300 g/mol. The summed E-state index contributed by atoms with van der Waals surface area (Å²) in [6.07, 6.45) is 0.583. The summed E-state index contributed by atoms with van der Waals surface area (Å²) in [5, 5.41) is 0. The fraction of sp³-hybridized carbons (Fsp3) is 0.800. The van der Waals surface area contributed by atoms with Crippen molar-refractivity contribution in [2.75, 3.05) is 6.61 Å². The number of carbonyl (C=O) groups excluding carboxylic acids is 3. The fourth-order valence-corrected chi connectivity index (χ4v) is 1.60. The molecule has 0 spiro atoms. The van der Waals surface area contributed by atoms with Crippen molar-refractivity contribution < 1.29 is 28.6 Å². The maximum Gasteiger partial charge on any atom is 0.350 e. The molecule has 1 heterocycles. The van der Waals surface area contributed by atoms with Gasteiger partial charge in [-0.25, -0.2) is 4.79 Å². The van der Waals surface area contributed by atoms with Gasteiger partial charge in [0.05, 0.1) is 18.4 Å². The van der Waals surface area contributed by atoms with Gasteiger partial charge >= 0.3 is 17.9 Å². The Morgan fingerprint density at radius 2 is 1.86 bits per heavy atom. The minimum atomic E-state index is -1.38. The van der Waals surface area contributed by atoms with Gasteiger partial charge in [0.15, 0.2) is 0 Å². The summed E-state index contributed by atoms with van der Waals surface area (Å²) < 4.78 is 15.3. The lowest BCUT2D eigenvalue weighted by Crippen LogP contribution is -2.44. The van der Waals surface area contributed by atoms with Crippen molar-refractivity contribution in [3.05, 3.63) is 0 Å². The molecule has 0 aromatic carbocycles. The monoisotopic (exact) mass is 300 g/mol. The molecule has 0 aromatic rings. The second-order valence-corrected chi connectivity index (χ2v) is 6.38. The van der Waals surface area contributed by atoms with Gasteiger partial charge in [0, 0.05) is 6.42 Å². The molecule has 6 nitrogen and oxygen atoms in total. The Balaban J connectivity index is 2.62. The molecule has 1 atom stereocenters. The van der Waals surface area contributed by atoms with Crippen LogP contribution in [0.5, 0.6) is 0 Å². The first-order chi connectivity index (χ1) is 9.58. The Bertz CT molecular complexity index is 424. The van der Waals surface area contributed by atoms with Crippen molar-refractivity contribution in [3.8, 4) is 0 Å². The van der Waals surface area contributed by atoms with Crippen LogP contribution in [-0.4, -0.2) is 36.2 Å². The quantitative estimate of drug-likeness (QED) is 0.570. The zero-order valence-electron chi connectivity index (χ0n) is 13.4. The number of esters is 3. The molecule has 1 unspecified atom stereocenters. The predicted molar refractivity (Wildman–Crippen MR) is 74.3 cm³/mol. The first-order valence-corrected chi connectivity index (χ1v) is 7.18. The van der Waals surface area contributed by atoms with E-state index in [0.717, 1.165) is 0 Å². The lowest BCUT2D eigenvalue weighted by molar-refractivity contribution is -0.190. The van der Waals surface area contributed by atoms with Crippen LogP contribution in [0.2, 0.25) is 0 Å². The fourth-order valence-electron chi connectivity index (χ4n) is 1.60. The molecule has 0 aromatic heterocycles. The Morgan fingerprint density at radius 1 is 1.24 bits per heavy atom. The second kappa shape index (κ2) is 6.45. The molecule has 0 bridgehead atoms. The SMILES string of the molecule is CCC(C)(C)C(=O)OC(C)(C)C(=O)OC1CCOC(=O)C1. The van der Waals surface area contributed by atoms with Gasteiger partial charge in [0.2, 0.25) is 5.60 Å². The molecule has 0 N–H and O–H groups in total. The van der Waals surface area contributed by atoms with E-state index in [2.05, 4.69) is 0 Å². The molecule has 1 rings (SSSR count). The molecular weight excluding hydrogens is 276 g/mol. The van der Waals surface area contributed by atoms with Crippen LogP contribution in [0.25, 0.3) is 0 Å². The largest absolute Gasteiger partial charge is 0.465 e. The van der Waals surface area contributed by atoms with Crippen molar-refractivity contribution in [1.29, 1.82) is 0 Å². The summed E-state index contributed by atoms with van der Waals surface area (Å²) in [4.78, 5) is 35.3. The highest BCUT2D eigenvalue weighted by atomic mass is 16.6. The maximum absolute atomic E-state index is 12.1. The van der Waals surface area contributed by atoms with E-state index in [1.807, 2.05) is 6.92 Å². The first-order valence-electron chi connectivity index (χ1n) is 7.18. The van der Waals surface area contributed by atoms with E-state index in [0.29, 0.717) is 12.8 Å². The van der Waals surface area contributed by atoms with Crippen LogP contribution < -0.4 is 0 Å². The number of carbonyl (C=O) groups is 3. The highest BCUT2D eigenvalue weighted by Crippen LogP contribution is 2.26. The van der Waals surface area contributed by atoms with E-state index in [1.54, 1.807) is 13.8 Å². The average Bonchev–Trinajstić information content (AvgIpc) is 2.38. The number of rotatable bonds is 5. The predicted octanol–water partition coefficient (Wildman–Crippen LogP) is 1.99. The van der Waals surface area contributed by atoms with Crippen LogP contribution in [0.3, 0.4) is 0 Å². The van der Waals surface area contributed by atoms with Crippen molar-refractivity contribution in [2.45, 2.75) is 65.6 Å². The minimum absolute atomic E-state index is 0.0379. The van der Waals surface area contributed by atoms with Crippen LogP contribution in [-0.2, 0) is 28.6 Å². The lowest BCUT2D eigenvalue weighted by atomic mass is 9.90. The van der Waals surface area contributed by atoms with Gasteiger partial charge in [-0.1, -0.05) is 6.92 Å². The van der Waals surface area contributed by atoms with Crippen molar-refractivity contribution >= 4 is 17.9 Å². The number of hydrogen-bond acceptors (Lipinski definition) is 6. The number of cyclic esters (lactones) is 1. The maximum atomic E-state index is 12.1. The zero-order chi connectivity index (χ0) is 16.3. The van der Waals surface area contributed by atoms with Crippen LogP contribution in [0.15, 0.2) is 0 Å². The molecule has 1 aliphatic heterocycles. The van der Waals surface area contributed by atoms with Crippen LogP contribution in [0.4, 0.5) is 0 Å². The molecule has 21 heavy (non-hydrogen) atoms. The van der Waals surface area contributed by atoms with Crippen LogP contribution in [0, 0.1) is 5.41 Å². The summed E-state index contributed by atoms with van der Waals surface area (Å²) >= 11 is 0. The van der Waals surface area contributed by atoms with Crippen molar-refractivity contribution in [2.24, 2.45) is 5.41 Å². The molecule has 0 aliphatic carbocycles. The van der Waals surface area contributed by atoms with Crippen LogP contribution >= 0.6 is 0 Å². The highest BCUT2D eigenvalue weighted by Gasteiger charge is 2.40. The number of hydrogen-bond donors (Lipinski definition) is 0. The molecule has 0 radical (unpaired) electrons. The van der Waals surface area contributed by atoms with E-state index in [9.17, 15) is 14.4 Å². The van der Waals surface area contributed by atoms with E-state index in [4.69, 9.17) is 14.2 Å². The third-order valence-electron chi connectivity index (χ3n) is 3.65. The highest BCUT2D eigenvalue weighted by molar-refractivity contribution is 5.84. The van der Waals surface area contributed by atoms with E-state index < -0.39 is 29.1 Å². The summed E-state index contributed by atoms with van der Waals surface area (Å²) in [6, 6.07) is 0. The summed E-state index contributed by atoms with van der Waals surface area (Å²) in [7, 11) is 0. The van der Waals surface area contributed by atoms with Gasteiger partial charge in [-0.15, -0.1) is 0 Å². The third kappa shape index (κ3) is 4.72. The molecule has 6 heteroatoms. The van der Waals surface area contributed by atoms with Gasteiger partial charge in [0.25, 0.3) is 0 Å². The van der Waals surface area contributed by atoms with Crippen LogP contribution in [0.1, 0.15) is 53.9 Å². The smallest absolute Gasteiger partial charge is 0.350 e. The third-order valence-corrected chi connectivity index (χ3v) is 3.65. The summed E-state index contributed by atoms with van der Waals surface area (Å²) in [6.45, 7) is 8.60. The summed E-state index contributed by atoms with van der Waals surface area (Å²) in [5.74, 6) is -1.49. The molecule has 1 saturated heterocycles. The van der Waals surface area contributed by atoms with Gasteiger partial charge in [-0.3, -0.25) is 9.59 Å². The zero-order valence-corrected chi connectivity index (χ0v) is 13.4. The van der Waals surface area contributed by atoms with Crippen molar-refractivity contribution in [3.63, 3.8) is 0 Å². The number of ether oxygens (including phenoxy) is 3. The Morgan fingerprint density at radius 3 is 2.38 bits per heavy atom. The lowest BCUT2D eigenvalue weighted by Gasteiger charge is -2.30. The van der Waals surface area contributed by atoms with Gasteiger partial charge < -0.3 is 14.2 Å². The van der Waals surface area contributed by atoms with Gasteiger partial charge in [-0.05, 0) is 34.1 Å². The topological polar surface area (TPSA) is 78.9 Å². The van der Waals surface area contributed by atoms with E-state index in [-0.39, 0.29) is 19.0 Å². The standard InChI is InChI=1S/C15H24O6/c1-6-14(2,3)12(17)21-15(4,5)13(18)20-10-7-8-19-11(16)9-10/h10H,6-9H2,1-5H3. The molecule has 120 valence electrons. The summed E-state index contributed by atoms with van der Waals surface area (Å²) in [5.41, 5.74) is -2.04. The van der Waals surface area contributed by atoms with Gasteiger partial charge in [-0.2, -0.15) is 0 Å².